The number of thiazole rings is 1. The van der Waals surface area contributed by atoms with Crippen molar-refractivity contribution in [1.82, 2.24) is 10.3 Å². The van der Waals surface area contributed by atoms with Gasteiger partial charge in [0.15, 0.2) is 4.34 Å². The maximum atomic E-state index is 11.6. The van der Waals surface area contributed by atoms with Crippen LogP contribution in [-0.4, -0.2) is 29.2 Å². The standard InChI is InChI=1S/C13H14N2O3S2.K/c1-2-14-11(16)8(12(17)18)7-19-13-15-9-5-3-4-6-10(9)20-13;/h3-6,8H,2,7H2,1H3,(H,14,16)(H,17,18);/q;+1/p-1. The summed E-state index contributed by atoms with van der Waals surface area (Å²) in [6.07, 6.45) is 0. The van der Waals surface area contributed by atoms with Gasteiger partial charge in [-0.2, -0.15) is 0 Å². The van der Waals surface area contributed by atoms with Gasteiger partial charge in [0, 0.05) is 12.3 Å². The van der Waals surface area contributed by atoms with Gasteiger partial charge < -0.3 is 15.2 Å². The first-order chi connectivity index (χ1) is 9.61. The second-order valence-corrected chi connectivity index (χ2v) is 6.32. The fraction of sp³-hybridized carbons (Fsp3) is 0.308. The van der Waals surface area contributed by atoms with E-state index in [4.69, 9.17) is 0 Å². The molecule has 0 saturated heterocycles. The second kappa shape index (κ2) is 9.24. The van der Waals surface area contributed by atoms with E-state index in [2.05, 4.69) is 10.3 Å². The topological polar surface area (TPSA) is 82.1 Å². The molecular formula is C13H13KN2O3S2. The second-order valence-electron chi connectivity index (χ2n) is 4.02. The van der Waals surface area contributed by atoms with Crippen LogP contribution in [0.15, 0.2) is 28.6 Å². The zero-order valence-corrected chi connectivity index (χ0v) is 16.5. The minimum Gasteiger partial charge on any atom is -0.549 e. The van der Waals surface area contributed by atoms with Gasteiger partial charge in [0.05, 0.1) is 22.1 Å². The van der Waals surface area contributed by atoms with Gasteiger partial charge in [0.2, 0.25) is 5.91 Å². The summed E-state index contributed by atoms with van der Waals surface area (Å²) >= 11 is 2.75. The third kappa shape index (κ3) is 5.31. The quantitative estimate of drug-likeness (QED) is 0.367. The molecule has 1 aromatic carbocycles. The summed E-state index contributed by atoms with van der Waals surface area (Å²) in [5.41, 5.74) is 0.878. The van der Waals surface area contributed by atoms with E-state index in [9.17, 15) is 14.7 Å². The van der Waals surface area contributed by atoms with Crippen LogP contribution in [0.25, 0.3) is 10.2 Å². The van der Waals surface area contributed by atoms with Crippen LogP contribution >= 0.6 is 23.1 Å². The maximum absolute atomic E-state index is 11.6. The molecule has 1 heterocycles. The van der Waals surface area contributed by atoms with E-state index in [0.29, 0.717) is 6.54 Å². The van der Waals surface area contributed by atoms with Crippen molar-refractivity contribution in [1.29, 1.82) is 0 Å². The van der Waals surface area contributed by atoms with E-state index in [1.807, 2.05) is 24.3 Å². The Labute approximate surface area is 173 Å². The molecule has 2 rings (SSSR count). The van der Waals surface area contributed by atoms with Gasteiger partial charge in [-0.3, -0.25) is 4.79 Å². The number of thioether (sulfide) groups is 1. The van der Waals surface area contributed by atoms with Crippen molar-refractivity contribution < 1.29 is 66.1 Å². The minimum atomic E-state index is -1.36. The molecule has 0 aliphatic heterocycles. The monoisotopic (exact) mass is 348 g/mol. The Balaban J connectivity index is 0.00000220. The number of fused-ring (bicyclic) bond motifs is 1. The number of benzene rings is 1. The molecule has 1 atom stereocenters. The number of para-hydroxylation sites is 1. The first kappa shape index (κ1) is 19.1. The number of amides is 1. The van der Waals surface area contributed by atoms with Crippen LogP contribution in [0.5, 0.6) is 0 Å². The Hall–Kier alpha value is 0.0364. The largest absolute Gasteiger partial charge is 1.00 e. The van der Waals surface area contributed by atoms with Gasteiger partial charge >= 0.3 is 51.4 Å². The van der Waals surface area contributed by atoms with Crippen molar-refractivity contribution in [3.8, 4) is 0 Å². The van der Waals surface area contributed by atoms with E-state index in [-0.39, 0.29) is 57.1 Å². The summed E-state index contributed by atoms with van der Waals surface area (Å²) in [5, 5.41) is 13.5. The van der Waals surface area contributed by atoms with Crippen LogP contribution in [0.3, 0.4) is 0 Å². The first-order valence-electron chi connectivity index (χ1n) is 6.08. The van der Waals surface area contributed by atoms with Crippen molar-refractivity contribution >= 4 is 45.2 Å². The first-order valence-corrected chi connectivity index (χ1v) is 7.89. The zero-order valence-electron chi connectivity index (χ0n) is 11.8. The molecule has 21 heavy (non-hydrogen) atoms. The SMILES string of the molecule is CCNC(=O)C(CSc1nc2ccccc2s1)C(=O)[O-].[K+]. The number of aliphatic carboxylic acids is 1. The predicted molar refractivity (Wildman–Crippen MR) is 77.5 cm³/mol. The molecule has 1 aromatic heterocycles. The third-order valence-electron chi connectivity index (χ3n) is 2.60. The summed E-state index contributed by atoms with van der Waals surface area (Å²) in [7, 11) is 0. The Morgan fingerprint density at radius 3 is 2.76 bits per heavy atom. The van der Waals surface area contributed by atoms with E-state index >= 15 is 0 Å². The summed E-state index contributed by atoms with van der Waals surface area (Å²) in [5.74, 6) is -2.91. The van der Waals surface area contributed by atoms with Gasteiger partial charge in [-0.25, -0.2) is 4.98 Å². The third-order valence-corrected chi connectivity index (χ3v) is 4.87. The molecule has 0 bridgehead atoms. The normalized spacial score (nSPS) is 11.7. The average molecular weight is 348 g/mol. The molecule has 1 amide bonds. The van der Waals surface area contributed by atoms with E-state index < -0.39 is 17.8 Å². The molecule has 0 saturated carbocycles. The van der Waals surface area contributed by atoms with Crippen molar-refractivity contribution in [2.45, 2.75) is 11.3 Å². The molecule has 1 unspecified atom stereocenters. The molecule has 0 radical (unpaired) electrons. The minimum absolute atomic E-state index is 0. The van der Waals surface area contributed by atoms with Crippen LogP contribution in [0.4, 0.5) is 0 Å². The molecule has 0 fully saturated rings. The van der Waals surface area contributed by atoms with Crippen LogP contribution in [0.2, 0.25) is 0 Å². The molecule has 0 aliphatic carbocycles. The molecular weight excluding hydrogens is 335 g/mol. The van der Waals surface area contributed by atoms with Gasteiger partial charge in [-0.15, -0.1) is 11.3 Å². The zero-order chi connectivity index (χ0) is 14.5. The summed E-state index contributed by atoms with van der Waals surface area (Å²) < 4.78 is 1.79. The molecule has 1 N–H and O–H groups in total. The van der Waals surface area contributed by atoms with Gasteiger partial charge in [0.25, 0.3) is 0 Å². The van der Waals surface area contributed by atoms with Crippen molar-refractivity contribution in [3.63, 3.8) is 0 Å². The van der Waals surface area contributed by atoms with Crippen LogP contribution in [-0.2, 0) is 9.59 Å². The van der Waals surface area contributed by atoms with Gasteiger partial charge in [-0.05, 0) is 19.1 Å². The predicted octanol–water partition coefficient (Wildman–Crippen LogP) is -2.11. The number of hydrogen-bond donors (Lipinski definition) is 1. The number of nitrogens with one attached hydrogen (secondary N) is 1. The van der Waals surface area contributed by atoms with E-state index in [1.165, 1.54) is 23.1 Å². The number of carboxylic acid groups (broad SMARTS) is 1. The Bertz CT molecular complexity index is 600. The van der Waals surface area contributed by atoms with E-state index in [0.717, 1.165) is 14.6 Å². The van der Waals surface area contributed by atoms with Crippen LogP contribution < -0.4 is 61.8 Å². The number of carboxylic acids is 1. The molecule has 0 aliphatic rings. The number of rotatable bonds is 6. The van der Waals surface area contributed by atoms with Crippen molar-refractivity contribution in [2.24, 2.45) is 5.92 Å². The smallest absolute Gasteiger partial charge is 0.549 e. The molecule has 5 nitrogen and oxygen atoms in total. The van der Waals surface area contributed by atoms with Crippen LogP contribution in [0.1, 0.15) is 6.92 Å². The van der Waals surface area contributed by atoms with Gasteiger partial charge in [0.1, 0.15) is 0 Å². The van der Waals surface area contributed by atoms with Crippen molar-refractivity contribution in [3.05, 3.63) is 24.3 Å². The number of carbonyl (C=O) groups is 2. The van der Waals surface area contributed by atoms with E-state index in [1.54, 1.807) is 6.92 Å². The summed E-state index contributed by atoms with van der Waals surface area (Å²) in [6.45, 7) is 2.14. The summed E-state index contributed by atoms with van der Waals surface area (Å²) in [6, 6.07) is 7.68. The van der Waals surface area contributed by atoms with Gasteiger partial charge in [-0.1, -0.05) is 23.9 Å². The molecule has 2 aromatic rings. The number of carbonyl (C=O) groups excluding carboxylic acids is 2. The molecule has 106 valence electrons. The maximum Gasteiger partial charge on any atom is 1.00 e. The van der Waals surface area contributed by atoms with Crippen LogP contribution in [0, 0.1) is 5.92 Å². The fourth-order valence-corrected chi connectivity index (χ4v) is 3.78. The Morgan fingerprint density at radius 2 is 2.14 bits per heavy atom. The Morgan fingerprint density at radius 1 is 1.43 bits per heavy atom. The Kier molecular flexibility index (Phi) is 8.39. The summed E-state index contributed by atoms with van der Waals surface area (Å²) in [4.78, 5) is 27.0. The molecule has 0 spiro atoms. The number of nitrogens with zero attached hydrogens (tertiary/aromatic N) is 1. The fourth-order valence-electron chi connectivity index (χ4n) is 1.62. The number of aromatic nitrogens is 1. The number of hydrogen-bond acceptors (Lipinski definition) is 6. The molecule has 8 heteroatoms. The van der Waals surface area contributed by atoms with Crippen molar-refractivity contribution in [2.75, 3.05) is 12.3 Å². The average Bonchev–Trinajstić information content (AvgIpc) is 2.81.